The maximum atomic E-state index is 6.02. The van der Waals surface area contributed by atoms with E-state index in [0.717, 1.165) is 5.56 Å². The molecule has 1 nitrogen and oxygen atoms in total. The van der Waals surface area contributed by atoms with Gasteiger partial charge in [-0.05, 0) is 33.6 Å². The molecule has 148 valence electrons. The lowest BCUT2D eigenvalue weighted by Crippen LogP contribution is -2.66. The first kappa shape index (κ1) is 20.1. The first-order chi connectivity index (χ1) is 14.7. The van der Waals surface area contributed by atoms with Crippen molar-refractivity contribution in [1.29, 1.82) is 0 Å². The molecule has 2 N–H and O–H groups in total. The van der Waals surface area contributed by atoms with E-state index in [1.54, 1.807) is 0 Å². The Hall–Kier alpha value is -3.20. The summed E-state index contributed by atoms with van der Waals surface area (Å²) in [6.07, 6.45) is 2.28. The van der Waals surface area contributed by atoms with Crippen molar-refractivity contribution >= 4 is 29.7 Å². The third-order valence-electron chi connectivity index (χ3n) is 5.68. The monoisotopic (exact) mass is 405 g/mol. The van der Waals surface area contributed by atoms with Crippen LogP contribution in [-0.4, -0.2) is 8.07 Å². The molecule has 0 spiro atoms. The average Bonchev–Trinajstić information content (AvgIpc) is 2.82. The zero-order valence-electron chi connectivity index (χ0n) is 17.3. The van der Waals surface area contributed by atoms with Gasteiger partial charge in [0.25, 0.3) is 0 Å². The predicted octanol–water partition coefficient (Wildman–Crippen LogP) is 4.43. The van der Waals surface area contributed by atoms with Crippen molar-refractivity contribution in [3.63, 3.8) is 0 Å². The molecular weight excluding hydrogens is 378 g/mol. The SMILES string of the molecule is CC(N)c1ccc(/C=C/[Si](c2ccccc2)(c2ccccc2)c2ccccc2)cc1. The van der Waals surface area contributed by atoms with Gasteiger partial charge < -0.3 is 5.73 Å². The van der Waals surface area contributed by atoms with Gasteiger partial charge in [-0.3, -0.25) is 0 Å². The molecule has 1 atom stereocenters. The van der Waals surface area contributed by atoms with Crippen molar-refractivity contribution < 1.29 is 0 Å². The van der Waals surface area contributed by atoms with Gasteiger partial charge in [0.05, 0.1) is 0 Å². The molecule has 0 aliphatic rings. The summed E-state index contributed by atoms with van der Waals surface area (Å²) in [5, 5.41) is 4.14. The Balaban J connectivity index is 1.91. The lowest BCUT2D eigenvalue weighted by atomic mass is 10.1. The van der Waals surface area contributed by atoms with Crippen LogP contribution in [0.5, 0.6) is 0 Å². The summed E-state index contributed by atoms with van der Waals surface area (Å²) in [5.41, 5.74) is 10.8. The van der Waals surface area contributed by atoms with Crippen LogP contribution in [-0.2, 0) is 0 Å². The molecule has 0 amide bonds. The maximum absolute atomic E-state index is 6.02. The number of hydrogen-bond donors (Lipinski definition) is 1. The molecule has 0 aromatic heterocycles. The van der Waals surface area contributed by atoms with Gasteiger partial charge in [-0.1, -0.05) is 127 Å². The molecule has 0 fully saturated rings. The Bertz CT molecular complexity index is 989. The Kier molecular flexibility index (Phi) is 6.08. The molecule has 2 heteroatoms. The van der Waals surface area contributed by atoms with Crippen LogP contribution in [0.3, 0.4) is 0 Å². The fourth-order valence-corrected chi connectivity index (χ4v) is 8.20. The molecule has 0 saturated carbocycles. The molecule has 0 saturated heterocycles. The van der Waals surface area contributed by atoms with E-state index >= 15 is 0 Å². The van der Waals surface area contributed by atoms with E-state index in [-0.39, 0.29) is 6.04 Å². The van der Waals surface area contributed by atoms with E-state index in [0.29, 0.717) is 0 Å². The zero-order valence-corrected chi connectivity index (χ0v) is 18.3. The smallest absolute Gasteiger partial charge is 0.172 e. The molecule has 4 aromatic rings. The first-order valence-corrected chi connectivity index (χ1v) is 12.5. The van der Waals surface area contributed by atoms with Crippen LogP contribution in [0, 0.1) is 0 Å². The van der Waals surface area contributed by atoms with E-state index in [9.17, 15) is 0 Å². The predicted molar refractivity (Wildman–Crippen MR) is 132 cm³/mol. The van der Waals surface area contributed by atoms with Crippen molar-refractivity contribution in [2.24, 2.45) is 5.73 Å². The van der Waals surface area contributed by atoms with Gasteiger partial charge in [-0.15, -0.1) is 0 Å². The second kappa shape index (κ2) is 9.08. The second-order valence-corrected chi connectivity index (χ2v) is 11.4. The van der Waals surface area contributed by atoms with E-state index < -0.39 is 8.07 Å². The van der Waals surface area contributed by atoms with Crippen LogP contribution in [0.25, 0.3) is 6.08 Å². The van der Waals surface area contributed by atoms with Gasteiger partial charge >= 0.3 is 0 Å². The number of nitrogens with two attached hydrogens (primary N) is 1. The highest BCUT2D eigenvalue weighted by Gasteiger charge is 2.36. The van der Waals surface area contributed by atoms with E-state index in [2.05, 4.69) is 127 Å². The second-order valence-electron chi connectivity index (χ2n) is 7.69. The highest BCUT2D eigenvalue weighted by Crippen LogP contribution is 2.15. The summed E-state index contributed by atoms with van der Waals surface area (Å²) >= 11 is 0. The topological polar surface area (TPSA) is 26.0 Å². The minimum absolute atomic E-state index is 0.0504. The number of benzene rings is 4. The Morgan fingerprint density at radius 2 is 1.00 bits per heavy atom. The van der Waals surface area contributed by atoms with Crippen LogP contribution >= 0.6 is 0 Å². The molecule has 4 aromatic carbocycles. The first-order valence-electron chi connectivity index (χ1n) is 10.4. The van der Waals surface area contributed by atoms with Gasteiger partial charge in [0, 0.05) is 6.04 Å². The van der Waals surface area contributed by atoms with Gasteiger partial charge in [0.2, 0.25) is 0 Å². The quantitative estimate of drug-likeness (QED) is 0.373. The van der Waals surface area contributed by atoms with Gasteiger partial charge in [-0.25, -0.2) is 0 Å². The van der Waals surface area contributed by atoms with Crippen molar-refractivity contribution in [2.45, 2.75) is 13.0 Å². The minimum Gasteiger partial charge on any atom is -0.324 e. The fourth-order valence-electron chi connectivity index (χ4n) is 4.02. The third-order valence-corrected chi connectivity index (χ3v) is 10.1. The van der Waals surface area contributed by atoms with Crippen LogP contribution in [0.2, 0.25) is 0 Å². The van der Waals surface area contributed by atoms with E-state index in [1.165, 1.54) is 21.1 Å². The molecular formula is C28H27NSi. The summed E-state index contributed by atoms with van der Waals surface area (Å²) in [6.45, 7) is 2.02. The summed E-state index contributed by atoms with van der Waals surface area (Å²) in [4.78, 5) is 0. The standard InChI is InChI=1S/C28H27NSi/c1-23(29)25-19-17-24(18-20-25)21-22-30(26-11-5-2-6-12-26,27-13-7-3-8-14-27)28-15-9-4-10-16-28/h2-23H,29H2,1H3/b22-21+. The van der Waals surface area contributed by atoms with E-state index in [1.807, 2.05) is 6.92 Å². The normalized spacial score (nSPS) is 12.7. The summed E-state index contributed by atoms with van der Waals surface area (Å²) in [6, 6.07) is 41.4. The summed E-state index contributed by atoms with van der Waals surface area (Å²) in [7, 11) is -2.35. The Morgan fingerprint density at radius 1 is 0.600 bits per heavy atom. The summed E-state index contributed by atoms with van der Waals surface area (Å²) in [5.74, 6) is 0. The maximum Gasteiger partial charge on any atom is 0.172 e. The van der Waals surface area contributed by atoms with Crippen LogP contribution < -0.4 is 21.3 Å². The van der Waals surface area contributed by atoms with Crippen LogP contribution in [0.4, 0.5) is 0 Å². The van der Waals surface area contributed by atoms with Crippen molar-refractivity contribution in [1.82, 2.24) is 0 Å². The lowest BCUT2D eigenvalue weighted by Gasteiger charge is -2.30. The zero-order chi connectivity index (χ0) is 20.8. The highest BCUT2D eigenvalue weighted by molar-refractivity contribution is 7.15. The summed E-state index contributed by atoms with van der Waals surface area (Å²) < 4.78 is 0. The Morgan fingerprint density at radius 3 is 1.37 bits per heavy atom. The molecule has 30 heavy (non-hydrogen) atoms. The lowest BCUT2D eigenvalue weighted by molar-refractivity contribution is 0.818. The molecule has 0 aliphatic heterocycles. The fraction of sp³-hybridized carbons (Fsp3) is 0.0714. The van der Waals surface area contributed by atoms with Crippen molar-refractivity contribution in [2.75, 3.05) is 0 Å². The van der Waals surface area contributed by atoms with Gasteiger partial charge in [0.15, 0.2) is 8.07 Å². The van der Waals surface area contributed by atoms with E-state index in [4.69, 9.17) is 5.73 Å². The van der Waals surface area contributed by atoms with Crippen LogP contribution in [0.15, 0.2) is 121 Å². The molecule has 0 aliphatic carbocycles. The number of rotatable bonds is 6. The number of hydrogen-bond acceptors (Lipinski definition) is 1. The molecule has 0 radical (unpaired) electrons. The van der Waals surface area contributed by atoms with Gasteiger partial charge in [-0.2, -0.15) is 0 Å². The van der Waals surface area contributed by atoms with Crippen molar-refractivity contribution in [3.8, 4) is 0 Å². The van der Waals surface area contributed by atoms with Crippen LogP contribution in [0.1, 0.15) is 24.1 Å². The Labute approximate surface area is 180 Å². The highest BCUT2D eigenvalue weighted by atomic mass is 28.3. The largest absolute Gasteiger partial charge is 0.324 e. The van der Waals surface area contributed by atoms with Gasteiger partial charge in [0.1, 0.15) is 0 Å². The molecule has 0 bridgehead atoms. The molecule has 1 unspecified atom stereocenters. The average molecular weight is 406 g/mol. The third kappa shape index (κ3) is 4.06. The molecule has 4 rings (SSSR count). The van der Waals surface area contributed by atoms with Crippen molar-refractivity contribution in [3.05, 3.63) is 132 Å². The molecule has 0 heterocycles. The minimum atomic E-state index is -2.35.